The first-order valence-electron chi connectivity index (χ1n) is 5.09. The van der Waals surface area contributed by atoms with Crippen molar-refractivity contribution in [3.8, 4) is 0 Å². The number of rotatable bonds is 6. The molecule has 1 rings (SSSR count). The Morgan fingerprint density at radius 2 is 2.31 bits per heavy atom. The Hall–Kier alpha value is -1.75. The van der Waals surface area contributed by atoms with E-state index in [1.54, 1.807) is 12.1 Å². The van der Waals surface area contributed by atoms with Gasteiger partial charge in [-0.05, 0) is 25.1 Å². The molecule has 0 saturated heterocycles. The fourth-order valence-corrected chi connectivity index (χ4v) is 1.26. The minimum Gasteiger partial charge on any atom is -0.478 e. The van der Waals surface area contributed by atoms with E-state index in [1.807, 2.05) is 6.92 Å². The summed E-state index contributed by atoms with van der Waals surface area (Å²) in [7, 11) is 0. The van der Waals surface area contributed by atoms with Gasteiger partial charge in [0.1, 0.15) is 0 Å². The number of benzene rings is 1. The van der Waals surface area contributed by atoms with Gasteiger partial charge in [0.15, 0.2) is 0 Å². The summed E-state index contributed by atoms with van der Waals surface area (Å²) in [4.78, 5) is 10.8. The third-order valence-corrected chi connectivity index (χ3v) is 2.06. The highest BCUT2D eigenvalue weighted by Crippen LogP contribution is 2.17. The number of anilines is 2. The molecule has 5 nitrogen and oxygen atoms in total. The molecule has 0 aromatic heterocycles. The van der Waals surface area contributed by atoms with E-state index in [4.69, 9.17) is 15.6 Å². The van der Waals surface area contributed by atoms with Gasteiger partial charge in [-0.25, -0.2) is 4.79 Å². The molecule has 0 unspecified atom stereocenters. The second-order valence-corrected chi connectivity index (χ2v) is 3.23. The van der Waals surface area contributed by atoms with Crippen molar-refractivity contribution in [2.24, 2.45) is 0 Å². The van der Waals surface area contributed by atoms with E-state index in [0.29, 0.717) is 19.8 Å². The van der Waals surface area contributed by atoms with Gasteiger partial charge >= 0.3 is 5.97 Å². The van der Waals surface area contributed by atoms with Crippen molar-refractivity contribution in [3.63, 3.8) is 0 Å². The fraction of sp³-hybridized carbons (Fsp3) is 0.364. The molecule has 0 spiro atoms. The van der Waals surface area contributed by atoms with Gasteiger partial charge < -0.3 is 20.9 Å². The number of hydrogen-bond acceptors (Lipinski definition) is 4. The first-order valence-corrected chi connectivity index (χ1v) is 5.09. The molecule has 0 amide bonds. The predicted octanol–water partition coefficient (Wildman–Crippen LogP) is 1.42. The van der Waals surface area contributed by atoms with Crippen LogP contribution < -0.4 is 11.1 Å². The van der Waals surface area contributed by atoms with Crippen molar-refractivity contribution in [2.75, 3.05) is 30.8 Å². The van der Waals surface area contributed by atoms with Gasteiger partial charge in [0.2, 0.25) is 0 Å². The molecule has 0 bridgehead atoms. The van der Waals surface area contributed by atoms with Crippen molar-refractivity contribution in [1.82, 2.24) is 0 Å². The SMILES string of the molecule is CCOCCNc1ccc(N)c(C(=O)O)c1. The van der Waals surface area contributed by atoms with Crippen molar-refractivity contribution < 1.29 is 14.6 Å². The first-order chi connectivity index (χ1) is 7.65. The van der Waals surface area contributed by atoms with E-state index in [2.05, 4.69) is 5.32 Å². The molecule has 0 aliphatic heterocycles. The van der Waals surface area contributed by atoms with Crippen LogP contribution in [0, 0.1) is 0 Å². The summed E-state index contributed by atoms with van der Waals surface area (Å²) >= 11 is 0. The third kappa shape index (κ3) is 3.43. The average Bonchev–Trinajstić information content (AvgIpc) is 2.26. The van der Waals surface area contributed by atoms with Crippen LogP contribution >= 0.6 is 0 Å². The van der Waals surface area contributed by atoms with Crippen LogP contribution in [0.5, 0.6) is 0 Å². The van der Waals surface area contributed by atoms with Gasteiger partial charge in [-0.2, -0.15) is 0 Å². The average molecular weight is 224 g/mol. The molecule has 0 aliphatic carbocycles. The molecule has 0 atom stereocenters. The number of hydrogen-bond donors (Lipinski definition) is 3. The summed E-state index contributed by atoms with van der Waals surface area (Å²) in [5, 5.41) is 11.9. The standard InChI is InChI=1S/C11H16N2O3/c1-2-16-6-5-13-8-3-4-10(12)9(7-8)11(14)15/h3-4,7,13H,2,5-6,12H2,1H3,(H,14,15). The zero-order valence-corrected chi connectivity index (χ0v) is 9.19. The van der Waals surface area contributed by atoms with E-state index in [0.717, 1.165) is 5.69 Å². The van der Waals surface area contributed by atoms with Crippen molar-refractivity contribution in [3.05, 3.63) is 23.8 Å². The molecule has 16 heavy (non-hydrogen) atoms. The number of ether oxygens (including phenoxy) is 1. The monoisotopic (exact) mass is 224 g/mol. The molecule has 0 fully saturated rings. The minimum atomic E-state index is -1.02. The number of carboxylic acid groups (broad SMARTS) is 1. The quantitative estimate of drug-likeness (QED) is 0.502. The molecule has 4 N–H and O–H groups in total. The molecule has 5 heteroatoms. The Morgan fingerprint density at radius 3 is 2.94 bits per heavy atom. The zero-order valence-electron chi connectivity index (χ0n) is 9.19. The number of carbonyl (C=O) groups is 1. The summed E-state index contributed by atoms with van der Waals surface area (Å²) < 4.78 is 5.15. The molecule has 1 aromatic carbocycles. The Morgan fingerprint density at radius 1 is 1.56 bits per heavy atom. The highest BCUT2D eigenvalue weighted by Gasteiger charge is 2.07. The van der Waals surface area contributed by atoms with Gasteiger partial charge in [-0.1, -0.05) is 0 Å². The lowest BCUT2D eigenvalue weighted by atomic mass is 10.1. The maximum Gasteiger partial charge on any atom is 0.337 e. The van der Waals surface area contributed by atoms with Crippen LogP contribution in [0.3, 0.4) is 0 Å². The second kappa shape index (κ2) is 5.97. The maximum atomic E-state index is 10.8. The summed E-state index contributed by atoms with van der Waals surface area (Å²) in [6.07, 6.45) is 0. The lowest BCUT2D eigenvalue weighted by Gasteiger charge is -2.08. The van der Waals surface area contributed by atoms with Crippen LogP contribution in [-0.2, 0) is 4.74 Å². The van der Waals surface area contributed by atoms with E-state index in [9.17, 15) is 4.79 Å². The number of aromatic carboxylic acids is 1. The molecular formula is C11H16N2O3. The van der Waals surface area contributed by atoms with Crippen LogP contribution in [0.1, 0.15) is 17.3 Å². The molecule has 0 radical (unpaired) electrons. The molecule has 0 saturated carbocycles. The fourth-order valence-electron chi connectivity index (χ4n) is 1.26. The largest absolute Gasteiger partial charge is 0.478 e. The van der Waals surface area contributed by atoms with E-state index >= 15 is 0 Å². The summed E-state index contributed by atoms with van der Waals surface area (Å²) in [5.74, 6) is -1.02. The Kier molecular flexibility index (Phi) is 4.60. The summed E-state index contributed by atoms with van der Waals surface area (Å²) in [5.41, 5.74) is 6.64. The van der Waals surface area contributed by atoms with Crippen LogP contribution in [0.15, 0.2) is 18.2 Å². The normalized spacial score (nSPS) is 10.1. The van der Waals surface area contributed by atoms with Crippen molar-refractivity contribution >= 4 is 17.3 Å². The van der Waals surface area contributed by atoms with Crippen LogP contribution in [-0.4, -0.2) is 30.8 Å². The van der Waals surface area contributed by atoms with Gasteiger partial charge in [0.25, 0.3) is 0 Å². The van der Waals surface area contributed by atoms with Crippen molar-refractivity contribution in [2.45, 2.75) is 6.92 Å². The second-order valence-electron chi connectivity index (χ2n) is 3.23. The van der Waals surface area contributed by atoms with Gasteiger partial charge in [-0.3, -0.25) is 0 Å². The first kappa shape index (κ1) is 12.3. The Bertz CT molecular complexity index is 366. The van der Waals surface area contributed by atoms with Crippen LogP contribution in [0.2, 0.25) is 0 Å². The molecule has 88 valence electrons. The van der Waals surface area contributed by atoms with E-state index in [1.165, 1.54) is 6.07 Å². The minimum absolute atomic E-state index is 0.112. The lowest BCUT2D eigenvalue weighted by molar-refractivity contribution is 0.0698. The number of nitrogens with one attached hydrogen (secondary N) is 1. The molecular weight excluding hydrogens is 208 g/mol. The zero-order chi connectivity index (χ0) is 12.0. The Labute approximate surface area is 94.2 Å². The predicted molar refractivity (Wildman–Crippen MR) is 62.8 cm³/mol. The van der Waals surface area contributed by atoms with Gasteiger partial charge in [0.05, 0.1) is 12.2 Å². The number of carboxylic acids is 1. The van der Waals surface area contributed by atoms with Crippen LogP contribution in [0.25, 0.3) is 0 Å². The summed E-state index contributed by atoms with van der Waals surface area (Å²) in [6, 6.07) is 4.84. The number of nitrogen functional groups attached to an aromatic ring is 1. The highest BCUT2D eigenvalue weighted by atomic mass is 16.5. The molecule has 0 aliphatic rings. The lowest BCUT2D eigenvalue weighted by Crippen LogP contribution is -2.10. The van der Waals surface area contributed by atoms with E-state index < -0.39 is 5.97 Å². The number of nitrogens with two attached hydrogens (primary N) is 1. The molecule has 0 heterocycles. The Balaban J connectivity index is 2.61. The smallest absolute Gasteiger partial charge is 0.337 e. The van der Waals surface area contributed by atoms with Gasteiger partial charge in [0, 0.05) is 24.5 Å². The van der Waals surface area contributed by atoms with Crippen LogP contribution in [0.4, 0.5) is 11.4 Å². The molecule has 1 aromatic rings. The summed E-state index contributed by atoms with van der Waals surface area (Å²) in [6.45, 7) is 3.82. The highest BCUT2D eigenvalue weighted by molar-refractivity contribution is 5.94. The topological polar surface area (TPSA) is 84.6 Å². The maximum absolute atomic E-state index is 10.8. The van der Waals surface area contributed by atoms with Gasteiger partial charge in [-0.15, -0.1) is 0 Å². The van der Waals surface area contributed by atoms with E-state index in [-0.39, 0.29) is 11.3 Å². The van der Waals surface area contributed by atoms with Crippen molar-refractivity contribution in [1.29, 1.82) is 0 Å². The third-order valence-electron chi connectivity index (χ3n) is 2.06.